The van der Waals surface area contributed by atoms with Gasteiger partial charge in [0.1, 0.15) is 11.2 Å². The number of rotatable bonds is 5. The van der Waals surface area contributed by atoms with Crippen molar-refractivity contribution in [2.45, 2.75) is 12.8 Å². The normalized spacial score (nSPS) is 12.2. The van der Waals surface area contributed by atoms with Crippen LogP contribution in [0, 0.1) is 0 Å². The second kappa shape index (κ2) is 12.1. The van der Waals surface area contributed by atoms with E-state index in [4.69, 9.17) is 14.4 Å². The van der Waals surface area contributed by atoms with Crippen molar-refractivity contribution in [1.82, 2.24) is 9.97 Å². The van der Waals surface area contributed by atoms with E-state index in [1.807, 2.05) is 12.1 Å². The first-order valence-corrected chi connectivity index (χ1v) is 17.5. The lowest BCUT2D eigenvalue weighted by atomic mass is 9.82. The van der Waals surface area contributed by atoms with Gasteiger partial charge >= 0.3 is 0 Å². The molecule has 10 rings (SSSR count). The van der Waals surface area contributed by atoms with Crippen LogP contribution in [0.25, 0.3) is 89.2 Å². The molecule has 1 aliphatic rings. The monoisotopic (exact) mass is 652 g/mol. The fourth-order valence-electron chi connectivity index (χ4n) is 7.69. The summed E-state index contributed by atoms with van der Waals surface area (Å²) in [6.45, 7) is 0. The van der Waals surface area contributed by atoms with E-state index >= 15 is 0 Å². The Balaban J connectivity index is 1.08. The van der Waals surface area contributed by atoms with Gasteiger partial charge in [-0.15, -0.1) is 0 Å². The zero-order chi connectivity index (χ0) is 33.7. The summed E-state index contributed by atoms with van der Waals surface area (Å²) in [5, 5.41) is 2.19. The Bertz CT molecular complexity index is 2740. The van der Waals surface area contributed by atoms with Crippen LogP contribution in [0.1, 0.15) is 11.1 Å². The van der Waals surface area contributed by atoms with E-state index in [1.165, 1.54) is 44.5 Å². The number of nitrogens with zero attached hydrogens (tertiary/aromatic N) is 2. The van der Waals surface area contributed by atoms with Crippen LogP contribution >= 0.6 is 0 Å². The molecule has 0 atom stereocenters. The van der Waals surface area contributed by atoms with Crippen molar-refractivity contribution in [1.29, 1.82) is 0 Å². The van der Waals surface area contributed by atoms with Gasteiger partial charge in [-0.2, -0.15) is 0 Å². The molecule has 1 aliphatic carbocycles. The van der Waals surface area contributed by atoms with E-state index in [0.717, 1.165) is 62.9 Å². The highest BCUT2D eigenvalue weighted by Gasteiger charge is 2.20. The third-order valence-electron chi connectivity index (χ3n) is 10.2. The molecule has 0 fully saturated rings. The van der Waals surface area contributed by atoms with Gasteiger partial charge in [-0.3, -0.25) is 0 Å². The molecule has 0 N–H and O–H groups in total. The molecule has 0 unspecified atom stereocenters. The smallest absolute Gasteiger partial charge is 0.160 e. The molecule has 0 bridgehead atoms. The Hall–Kier alpha value is -6.58. The summed E-state index contributed by atoms with van der Waals surface area (Å²) in [7, 11) is 0. The molecule has 240 valence electrons. The Morgan fingerprint density at radius 1 is 0.373 bits per heavy atom. The topological polar surface area (TPSA) is 38.9 Å². The van der Waals surface area contributed by atoms with Crippen molar-refractivity contribution in [3.63, 3.8) is 0 Å². The van der Waals surface area contributed by atoms with Gasteiger partial charge in [0.15, 0.2) is 5.82 Å². The minimum Gasteiger partial charge on any atom is -0.456 e. The van der Waals surface area contributed by atoms with Crippen molar-refractivity contribution >= 4 is 21.9 Å². The maximum Gasteiger partial charge on any atom is 0.160 e. The molecule has 0 aliphatic heterocycles. The minimum atomic E-state index is 0.695. The molecule has 51 heavy (non-hydrogen) atoms. The van der Waals surface area contributed by atoms with Gasteiger partial charge < -0.3 is 4.42 Å². The van der Waals surface area contributed by atoms with Crippen LogP contribution in [-0.4, -0.2) is 9.97 Å². The molecule has 2 heterocycles. The SMILES string of the molecule is c1ccc(-c2ccc3oc4cc(-c5cc(-c6ccccc6)nc(-c6cccc(-c7cccc8c7CCc7ccccc7-8)c6)n5)ccc4c3c2)cc1. The summed E-state index contributed by atoms with van der Waals surface area (Å²) in [6, 6.07) is 60.0. The van der Waals surface area contributed by atoms with Crippen LogP contribution in [0.3, 0.4) is 0 Å². The molecule has 0 saturated heterocycles. The van der Waals surface area contributed by atoms with Gasteiger partial charge in [-0.25, -0.2) is 9.97 Å². The quantitative estimate of drug-likeness (QED) is 0.186. The summed E-state index contributed by atoms with van der Waals surface area (Å²) >= 11 is 0. The second-order valence-corrected chi connectivity index (χ2v) is 13.3. The van der Waals surface area contributed by atoms with Gasteiger partial charge in [-0.05, 0) is 93.7 Å². The predicted molar refractivity (Wildman–Crippen MR) is 209 cm³/mol. The van der Waals surface area contributed by atoms with Crippen molar-refractivity contribution in [2.75, 3.05) is 0 Å². The van der Waals surface area contributed by atoms with Crippen LogP contribution < -0.4 is 0 Å². The molecule has 7 aromatic carbocycles. The molecular weight excluding hydrogens is 621 g/mol. The summed E-state index contributed by atoms with van der Waals surface area (Å²) in [4.78, 5) is 10.4. The third kappa shape index (κ3) is 5.22. The lowest BCUT2D eigenvalue weighted by molar-refractivity contribution is 0.669. The van der Waals surface area contributed by atoms with Crippen molar-refractivity contribution in [3.8, 4) is 67.3 Å². The Labute approximate surface area is 296 Å². The molecule has 9 aromatic rings. The largest absolute Gasteiger partial charge is 0.456 e. The number of aryl methyl sites for hydroxylation is 1. The molecule has 0 spiro atoms. The van der Waals surface area contributed by atoms with E-state index in [0.29, 0.717) is 5.82 Å². The van der Waals surface area contributed by atoms with E-state index in [1.54, 1.807) is 0 Å². The molecule has 0 saturated carbocycles. The highest BCUT2D eigenvalue weighted by molar-refractivity contribution is 6.07. The molecule has 0 radical (unpaired) electrons. The van der Waals surface area contributed by atoms with Crippen LogP contribution in [-0.2, 0) is 12.8 Å². The molecule has 0 amide bonds. The highest BCUT2D eigenvalue weighted by atomic mass is 16.3. The Morgan fingerprint density at radius 2 is 1.04 bits per heavy atom. The van der Waals surface area contributed by atoms with Gasteiger partial charge in [0, 0.05) is 27.5 Å². The number of aromatic nitrogens is 2. The second-order valence-electron chi connectivity index (χ2n) is 13.3. The predicted octanol–water partition coefficient (Wildman–Crippen LogP) is 12.5. The maximum atomic E-state index is 6.42. The number of benzene rings is 7. The van der Waals surface area contributed by atoms with Gasteiger partial charge in [0.05, 0.1) is 11.4 Å². The van der Waals surface area contributed by atoms with E-state index in [9.17, 15) is 0 Å². The zero-order valence-electron chi connectivity index (χ0n) is 27.9. The van der Waals surface area contributed by atoms with Crippen molar-refractivity contribution in [2.24, 2.45) is 0 Å². The molecule has 2 aromatic heterocycles. The standard InChI is InChI=1S/C48H32N2O/c1-3-11-31(12-4-1)34-23-26-46-43(28-34)42-25-22-36(29-47(42)51-46)45-30-44(33-14-5-2-6-15-33)49-48(50-45)37-17-9-16-35(27-37)39-19-10-20-40-38-18-8-7-13-32(38)21-24-41(39)40/h1-20,22-23,25-30H,21,24H2. The summed E-state index contributed by atoms with van der Waals surface area (Å²) < 4.78 is 6.42. The van der Waals surface area contributed by atoms with Gasteiger partial charge in [0.2, 0.25) is 0 Å². The third-order valence-corrected chi connectivity index (χ3v) is 10.2. The van der Waals surface area contributed by atoms with Crippen LogP contribution in [0.15, 0.2) is 174 Å². The van der Waals surface area contributed by atoms with Gasteiger partial charge in [0.25, 0.3) is 0 Å². The van der Waals surface area contributed by atoms with Gasteiger partial charge in [-0.1, -0.05) is 133 Å². The summed E-state index contributed by atoms with van der Waals surface area (Å²) in [5.41, 5.74) is 16.8. The number of furan rings is 1. The summed E-state index contributed by atoms with van der Waals surface area (Å²) in [6.07, 6.45) is 2.07. The van der Waals surface area contributed by atoms with Crippen molar-refractivity contribution in [3.05, 3.63) is 181 Å². The fraction of sp³-hybridized carbons (Fsp3) is 0.0417. The Morgan fingerprint density at radius 3 is 1.90 bits per heavy atom. The first-order chi connectivity index (χ1) is 25.2. The maximum absolute atomic E-state index is 6.42. The number of hydrogen-bond acceptors (Lipinski definition) is 3. The average Bonchev–Trinajstić information content (AvgIpc) is 3.58. The average molecular weight is 653 g/mol. The Kier molecular flexibility index (Phi) is 6.95. The lowest BCUT2D eigenvalue weighted by Crippen LogP contribution is -2.05. The van der Waals surface area contributed by atoms with E-state index < -0.39 is 0 Å². The molecule has 3 nitrogen and oxygen atoms in total. The number of hydrogen-bond donors (Lipinski definition) is 0. The molecular formula is C48H32N2O. The van der Waals surface area contributed by atoms with E-state index in [2.05, 4.69) is 158 Å². The first-order valence-electron chi connectivity index (χ1n) is 17.5. The van der Waals surface area contributed by atoms with Crippen LogP contribution in [0.2, 0.25) is 0 Å². The van der Waals surface area contributed by atoms with Crippen LogP contribution in [0.5, 0.6) is 0 Å². The number of fused-ring (bicyclic) bond motifs is 6. The lowest BCUT2D eigenvalue weighted by Gasteiger charge is -2.22. The zero-order valence-corrected chi connectivity index (χ0v) is 27.9. The van der Waals surface area contributed by atoms with E-state index in [-0.39, 0.29) is 0 Å². The highest BCUT2D eigenvalue weighted by Crippen LogP contribution is 2.40. The van der Waals surface area contributed by atoms with Crippen molar-refractivity contribution < 1.29 is 4.42 Å². The van der Waals surface area contributed by atoms with Crippen LogP contribution in [0.4, 0.5) is 0 Å². The summed E-state index contributed by atoms with van der Waals surface area (Å²) in [5.74, 6) is 0.695. The first kappa shape index (κ1) is 29.3. The molecule has 3 heteroatoms. The minimum absolute atomic E-state index is 0.695. The fourth-order valence-corrected chi connectivity index (χ4v) is 7.69.